The number of ether oxygens (including phenoxy) is 1. The zero-order valence-corrected chi connectivity index (χ0v) is 13.1. The first kappa shape index (κ1) is 15.2. The van der Waals surface area contributed by atoms with Crippen LogP contribution < -0.4 is 4.74 Å². The highest BCUT2D eigenvalue weighted by molar-refractivity contribution is 6.74. The molecular weight excluding hydrogens is 247 g/mol. The predicted molar refractivity (Wildman–Crippen MR) is 74.9 cm³/mol. The monoisotopic (exact) mass is 270 g/mol. The normalized spacial score (nSPS) is 12.6. The maximum absolute atomic E-state index is 13.7. The average Bonchev–Trinajstić information content (AvgIpc) is 2.26. The molecule has 1 aromatic rings. The average molecular weight is 270 g/mol. The molecule has 4 heteroatoms. The minimum absolute atomic E-state index is 0.127. The highest BCUT2D eigenvalue weighted by Crippen LogP contribution is 2.37. The second kappa shape index (κ2) is 5.41. The third-order valence-electron chi connectivity index (χ3n) is 3.65. The van der Waals surface area contributed by atoms with E-state index in [1.807, 2.05) is 0 Å². The van der Waals surface area contributed by atoms with Gasteiger partial charge < -0.3 is 9.16 Å². The standard InChI is InChI=1S/C14H23FO2Si/c1-14(2,3)18(5,6)17-10-11-9-12(16-4)7-8-13(11)15/h7-9H,10H2,1-6H3. The number of hydrogen-bond donors (Lipinski definition) is 0. The van der Waals surface area contributed by atoms with Crippen molar-refractivity contribution in [1.29, 1.82) is 0 Å². The molecule has 0 amide bonds. The van der Waals surface area contributed by atoms with Crippen LogP contribution >= 0.6 is 0 Å². The summed E-state index contributed by atoms with van der Waals surface area (Å²) in [5.74, 6) is 0.416. The first-order valence-electron chi connectivity index (χ1n) is 6.14. The molecule has 0 saturated heterocycles. The van der Waals surface area contributed by atoms with Gasteiger partial charge in [-0.2, -0.15) is 0 Å². The summed E-state index contributed by atoms with van der Waals surface area (Å²) in [7, 11) is -0.271. The Balaban J connectivity index is 2.80. The molecule has 0 aliphatic carbocycles. The van der Waals surface area contributed by atoms with Crippen molar-refractivity contribution in [2.24, 2.45) is 0 Å². The minimum atomic E-state index is -1.85. The lowest BCUT2D eigenvalue weighted by Gasteiger charge is -2.36. The van der Waals surface area contributed by atoms with Gasteiger partial charge in [-0.05, 0) is 36.3 Å². The van der Waals surface area contributed by atoms with Crippen LogP contribution in [0, 0.1) is 5.82 Å². The quantitative estimate of drug-likeness (QED) is 0.757. The van der Waals surface area contributed by atoms with Crippen LogP contribution in [0.4, 0.5) is 4.39 Å². The van der Waals surface area contributed by atoms with Crippen LogP contribution in [0.25, 0.3) is 0 Å². The van der Waals surface area contributed by atoms with Gasteiger partial charge in [-0.3, -0.25) is 0 Å². The maximum Gasteiger partial charge on any atom is 0.192 e. The molecule has 1 rings (SSSR count). The lowest BCUT2D eigenvalue weighted by molar-refractivity contribution is 0.270. The molecule has 0 spiro atoms. The lowest BCUT2D eigenvalue weighted by Crippen LogP contribution is -2.40. The number of hydrogen-bond acceptors (Lipinski definition) is 2. The summed E-state index contributed by atoms with van der Waals surface area (Å²) in [6.45, 7) is 11.1. The number of rotatable bonds is 4. The van der Waals surface area contributed by atoms with E-state index in [9.17, 15) is 4.39 Å². The Morgan fingerprint density at radius 3 is 2.33 bits per heavy atom. The lowest BCUT2D eigenvalue weighted by atomic mass is 10.2. The molecule has 1 aromatic carbocycles. The Morgan fingerprint density at radius 1 is 1.22 bits per heavy atom. The van der Waals surface area contributed by atoms with Crippen molar-refractivity contribution in [2.45, 2.75) is 45.5 Å². The fraction of sp³-hybridized carbons (Fsp3) is 0.571. The molecule has 0 radical (unpaired) electrons. The van der Waals surface area contributed by atoms with Crippen LogP contribution in [0.5, 0.6) is 5.75 Å². The van der Waals surface area contributed by atoms with E-state index < -0.39 is 8.32 Å². The summed E-state index contributed by atoms with van der Waals surface area (Å²) >= 11 is 0. The Morgan fingerprint density at radius 2 is 1.83 bits per heavy atom. The van der Waals surface area contributed by atoms with Gasteiger partial charge >= 0.3 is 0 Å². The largest absolute Gasteiger partial charge is 0.497 e. The highest BCUT2D eigenvalue weighted by Gasteiger charge is 2.37. The molecule has 102 valence electrons. The number of halogens is 1. The van der Waals surface area contributed by atoms with Crippen LogP contribution in [0.3, 0.4) is 0 Å². The maximum atomic E-state index is 13.7. The van der Waals surface area contributed by atoms with Gasteiger partial charge in [0.25, 0.3) is 0 Å². The second-order valence-electron chi connectivity index (χ2n) is 6.01. The van der Waals surface area contributed by atoms with Crippen molar-refractivity contribution in [1.82, 2.24) is 0 Å². The van der Waals surface area contributed by atoms with Crippen molar-refractivity contribution in [3.63, 3.8) is 0 Å². The number of methoxy groups -OCH3 is 1. The molecule has 18 heavy (non-hydrogen) atoms. The van der Waals surface area contributed by atoms with Crippen LogP contribution in [-0.2, 0) is 11.0 Å². The van der Waals surface area contributed by atoms with E-state index in [0.29, 0.717) is 17.9 Å². The number of benzene rings is 1. The van der Waals surface area contributed by atoms with Gasteiger partial charge in [-0.1, -0.05) is 20.8 Å². The van der Waals surface area contributed by atoms with Crippen molar-refractivity contribution in [2.75, 3.05) is 7.11 Å². The van der Waals surface area contributed by atoms with Gasteiger partial charge in [0.15, 0.2) is 8.32 Å². The molecule has 0 atom stereocenters. The fourth-order valence-corrected chi connectivity index (χ4v) is 2.21. The van der Waals surface area contributed by atoms with Crippen molar-refractivity contribution in [3.05, 3.63) is 29.6 Å². The molecule has 0 aliphatic rings. The van der Waals surface area contributed by atoms with Crippen LogP contribution in [0.1, 0.15) is 26.3 Å². The summed E-state index contributed by atoms with van der Waals surface area (Å²) in [6, 6.07) is 4.73. The molecule has 0 unspecified atom stereocenters. The highest BCUT2D eigenvalue weighted by atomic mass is 28.4. The van der Waals surface area contributed by atoms with Gasteiger partial charge in [0.2, 0.25) is 0 Å². The smallest absolute Gasteiger partial charge is 0.192 e. The minimum Gasteiger partial charge on any atom is -0.497 e. The molecule has 0 bridgehead atoms. The molecular formula is C14H23FO2Si. The van der Waals surface area contributed by atoms with E-state index in [-0.39, 0.29) is 10.9 Å². The SMILES string of the molecule is COc1ccc(F)c(CO[Si](C)(C)C(C)(C)C)c1. The van der Waals surface area contributed by atoms with E-state index in [2.05, 4.69) is 33.9 Å². The van der Waals surface area contributed by atoms with Crippen LogP contribution in [0.15, 0.2) is 18.2 Å². The predicted octanol–water partition coefficient (Wildman–Crippen LogP) is 4.36. The van der Waals surface area contributed by atoms with Gasteiger partial charge in [-0.25, -0.2) is 4.39 Å². The van der Waals surface area contributed by atoms with E-state index in [1.54, 1.807) is 19.2 Å². The van der Waals surface area contributed by atoms with Gasteiger partial charge in [0.05, 0.1) is 13.7 Å². The van der Waals surface area contributed by atoms with Crippen molar-refractivity contribution >= 4 is 8.32 Å². The molecule has 0 heterocycles. The Hall–Kier alpha value is -0.873. The zero-order valence-electron chi connectivity index (χ0n) is 12.1. The summed E-state index contributed by atoms with van der Waals surface area (Å²) in [4.78, 5) is 0. The zero-order chi connectivity index (χ0) is 14.0. The molecule has 0 N–H and O–H groups in total. The van der Waals surface area contributed by atoms with Gasteiger partial charge in [0.1, 0.15) is 11.6 Å². The Bertz CT molecular complexity index is 411. The summed E-state index contributed by atoms with van der Waals surface area (Å²) in [6.07, 6.45) is 0. The molecule has 0 aromatic heterocycles. The third-order valence-corrected chi connectivity index (χ3v) is 8.13. The molecule has 0 fully saturated rings. The molecule has 2 nitrogen and oxygen atoms in total. The Labute approximate surface area is 110 Å². The second-order valence-corrected chi connectivity index (χ2v) is 10.8. The third kappa shape index (κ3) is 3.56. The van der Waals surface area contributed by atoms with E-state index in [0.717, 1.165) is 0 Å². The van der Waals surface area contributed by atoms with Gasteiger partial charge in [-0.15, -0.1) is 0 Å². The van der Waals surface area contributed by atoms with Crippen molar-refractivity contribution < 1.29 is 13.6 Å². The van der Waals surface area contributed by atoms with Crippen LogP contribution in [-0.4, -0.2) is 15.4 Å². The van der Waals surface area contributed by atoms with Crippen molar-refractivity contribution in [3.8, 4) is 5.75 Å². The molecule has 0 saturated carbocycles. The van der Waals surface area contributed by atoms with E-state index in [1.165, 1.54) is 6.07 Å². The van der Waals surface area contributed by atoms with E-state index >= 15 is 0 Å². The summed E-state index contributed by atoms with van der Waals surface area (Å²) < 4.78 is 24.8. The summed E-state index contributed by atoms with van der Waals surface area (Å²) in [5.41, 5.74) is 0.555. The van der Waals surface area contributed by atoms with E-state index in [4.69, 9.17) is 9.16 Å². The van der Waals surface area contributed by atoms with Crippen LogP contribution in [0.2, 0.25) is 18.1 Å². The van der Waals surface area contributed by atoms with Gasteiger partial charge in [0, 0.05) is 5.56 Å². The Kier molecular flexibility index (Phi) is 4.56. The first-order chi connectivity index (χ1) is 8.17. The topological polar surface area (TPSA) is 18.5 Å². The summed E-state index contributed by atoms with van der Waals surface area (Å²) in [5, 5.41) is 0.127. The fourth-order valence-electron chi connectivity index (χ4n) is 1.26. The first-order valence-corrected chi connectivity index (χ1v) is 9.04. The molecule has 0 aliphatic heterocycles.